The van der Waals surface area contributed by atoms with Crippen molar-refractivity contribution in [2.75, 3.05) is 39.3 Å². The molecule has 3 saturated heterocycles. The molecule has 36 heavy (non-hydrogen) atoms. The van der Waals surface area contributed by atoms with Gasteiger partial charge in [0.2, 0.25) is 11.6 Å². The van der Waals surface area contributed by atoms with Crippen LogP contribution in [0, 0.1) is 11.8 Å². The van der Waals surface area contributed by atoms with E-state index in [1.54, 1.807) is 0 Å². The Balaban J connectivity index is 0.000000164. The van der Waals surface area contributed by atoms with Crippen molar-refractivity contribution in [3.8, 4) is 0 Å². The number of carbonyl (C=O) groups excluding carboxylic acids is 3. The predicted molar refractivity (Wildman–Crippen MR) is 149 cm³/mol. The molecule has 3 aliphatic carbocycles. The van der Waals surface area contributed by atoms with Crippen molar-refractivity contribution in [2.45, 2.75) is 77.3 Å². The molecule has 9 heteroatoms. The van der Waals surface area contributed by atoms with Gasteiger partial charge in [-0.1, -0.05) is 52.2 Å². The maximum atomic E-state index is 12.4. The molecule has 0 radical (unpaired) electrons. The Hall–Kier alpha value is -1.14. The third-order valence-electron chi connectivity index (χ3n) is 8.31. The van der Waals surface area contributed by atoms with Gasteiger partial charge in [-0.3, -0.25) is 14.4 Å². The summed E-state index contributed by atoms with van der Waals surface area (Å²) in [6, 6.07) is 0.906. The standard InChI is InChI=1S/C15H27NOS.C12H13N3O2.Sb.3H/c1-11-5-3-7-13(9-11)16(15(17)18)14-8-4-6-12(2)10-14;16-9-7-8(13-1-2-13)12(17)11(15-5-6-15)10(9)14-3-4-14;;;;/h11-14H,3-10H2,1-2H3,(H,17,18);7H,1-6H2;;;;. The summed E-state index contributed by atoms with van der Waals surface area (Å²) in [6.45, 7) is 10.0. The fourth-order valence-corrected chi connectivity index (χ4v) is 6.52. The molecule has 6 rings (SSSR count). The normalized spacial score (nSPS) is 31.2. The third kappa shape index (κ3) is 6.46. The van der Waals surface area contributed by atoms with Gasteiger partial charge in [-0.2, -0.15) is 0 Å². The molecule has 3 heterocycles. The van der Waals surface area contributed by atoms with Gasteiger partial charge < -0.3 is 19.6 Å². The number of Topliss-reactive ketones (excluding diaryl/α,β-unsaturated/α-hetero) is 1. The summed E-state index contributed by atoms with van der Waals surface area (Å²) in [5.74, 6) is 1.58. The van der Waals surface area contributed by atoms with Crippen LogP contribution in [0.5, 0.6) is 0 Å². The fraction of sp³-hybridized carbons (Fsp3) is 0.741. The first-order valence-electron chi connectivity index (χ1n) is 13.6. The van der Waals surface area contributed by atoms with Crippen molar-refractivity contribution in [1.82, 2.24) is 19.6 Å². The van der Waals surface area contributed by atoms with Gasteiger partial charge in [0.25, 0.3) is 5.24 Å². The van der Waals surface area contributed by atoms with Crippen LogP contribution >= 0.6 is 12.6 Å². The predicted octanol–water partition coefficient (Wildman–Crippen LogP) is 2.49. The average Bonchev–Trinajstić information content (AvgIpc) is 3.67. The molecule has 7 nitrogen and oxygen atoms in total. The van der Waals surface area contributed by atoms with Gasteiger partial charge >= 0.3 is 24.4 Å². The molecule has 0 N–H and O–H groups in total. The first kappa shape index (κ1) is 27.9. The van der Waals surface area contributed by atoms with E-state index in [4.69, 9.17) is 0 Å². The van der Waals surface area contributed by atoms with Gasteiger partial charge in [-0.15, -0.1) is 0 Å². The quantitative estimate of drug-likeness (QED) is 0.220. The van der Waals surface area contributed by atoms with Crippen molar-refractivity contribution in [1.29, 1.82) is 0 Å². The number of thiol groups is 1. The number of carbonyl (C=O) groups is 3. The van der Waals surface area contributed by atoms with Crippen molar-refractivity contribution in [3.63, 3.8) is 0 Å². The molecule has 0 spiro atoms. The van der Waals surface area contributed by atoms with Crippen LogP contribution in [-0.4, -0.2) is 112 Å². The van der Waals surface area contributed by atoms with Crippen LogP contribution in [0.2, 0.25) is 0 Å². The number of amides is 1. The molecular weight excluding hydrogens is 582 g/mol. The molecule has 5 fully saturated rings. The first-order chi connectivity index (χ1) is 16.8. The number of rotatable bonds is 5. The molecule has 4 atom stereocenters. The van der Waals surface area contributed by atoms with Crippen LogP contribution in [0.25, 0.3) is 0 Å². The average molecular weight is 625 g/mol. The SMILES string of the molecule is CC1CCCC(N(C(=O)S)C2CCCC(C)C2)C1.O=C1C=C(N2CC2)C(=O)C(N2CC2)=C1N1CC1.[SbH3]. The summed E-state index contributed by atoms with van der Waals surface area (Å²) in [5.41, 5.74) is 1.89. The second-order valence-electron chi connectivity index (χ2n) is 11.4. The Morgan fingerprint density at radius 1 is 0.806 bits per heavy atom. The Bertz CT molecular complexity index is 919. The topological polar surface area (TPSA) is 63.5 Å². The van der Waals surface area contributed by atoms with E-state index >= 15 is 0 Å². The fourth-order valence-electron chi connectivity index (χ4n) is 6.20. The van der Waals surface area contributed by atoms with E-state index in [1.165, 1.54) is 57.4 Å². The monoisotopic (exact) mass is 624 g/mol. The molecule has 2 saturated carbocycles. The maximum absolute atomic E-state index is 12.4. The van der Waals surface area contributed by atoms with E-state index in [2.05, 4.69) is 31.4 Å². The zero-order chi connectivity index (χ0) is 24.7. The van der Waals surface area contributed by atoms with Crippen molar-refractivity contribution < 1.29 is 14.4 Å². The summed E-state index contributed by atoms with van der Waals surface area (Å²) in [6.07, 6.45) is 11.4. The third-order valence-corrected chi connectivity index (χ3v) is 8.54. The number of hydrogen-bond acceptors (Lipinski definition) is 6. The molecule has 1 amide bonds. The van der Waals surface area contributed by atoms with Crippen molar-refractivity contribution in [3.05, 3.63) is 23.2 Å². The van der Waals surface area contributed by atoms with Gasteiger partial charge in [0, 0.05) is 57.4 Å². The molecule has 6 aliphatic rings. The van der Waals surface area contributed by atoms with Crippen molar-refractivity contribution in [2.24, 2.45) is 11.8 Å². The van der Waals surface area contributed by atoms with Crippen LogP contribution in [-0.2, 0) is 9.59 Å². The van der Waals surface area contributed by atoms with Crippen molar-refractivity contribution >= 4 is 53.9 Å². The van der Waals surface area contributed by atoms with Crippen LogP contribution in [0.3, 0.4) is 0 Å². The number of allylic oxidation sites excluding steroid dienone is 1. The molecule has 0 aromatic rings. The molecule has 4 unspecified atom stereocenters. The summed E-state index contributed by atoms with van der Waals surface area (Å²) < 4.78 is 0. The summed E-state index contributed by atoms with van der Waals surface area (Å²) in [4.78, 5) is 44.5. The Kier molecular flexibility index (Phi) is 9.07. The molecule has 3 aliphatic heterocycles. The molecule has 0 aromatic heterocycles. The summed E-state index contributed by atoms with van der Waals surface area (Å²) >= 11 is 4.16. The first-order valence-corrected chi connectivity index (χ1v) is 14.1. The summed E-state index contributed by atoms with van der Waals surface area (Å²) in [7, 11) is 0. The van der Waals surface area contributed by atoms with E-state index in [-0.39, 0.29) is 41.2 Å². The van der Waals surface area contributed by atoms with E-state index < -0.39 is 0 Å². The van der Waals surface area contributed by atoms with E-state index in [0.29, 0.717) is 29.2 Å². The van der Waals surface area contributed by atoms with Crippen LogP contribution in [0.1, 0.15) is 65.2 Å². The summed E-state index contributed by atoms with van der Waals surface area (Å²) in [5, 5.41) is 0.00759. The minimum absolute atomic E-state index is 0. The second kappa shape index (κ2) is 11.7. The van der Waals surface area contributed by atoms with Crippen LogP contribution in [0.4, 0.5) is 4.79 Å². The molecule has 200 valence electrons. The van der Waals surface area contributed by atoms with Gasteiger partial charge in [0.05, 0.1) is 5.70 Å². The number of hydrogen-bond donors (Lipinski definition) is 1. The molecule has 0 aromatic carbocycles. The molecule has 0 bridgehead atoms. The Morgan fingerprint density at radius 2 is 1.28 bits per heavy atom. The van der Waals surface area contributed by atoms with Gasteiger partial charge in [-0.05, 0) is 37.5 Å². The van der Waals surface area contributed by atoms with E-state index in [9.17, 15) is 14.4 Å². The number of nitrogens with zero attached hydrogens (tertiary/aromatic N) is 4. The van der Waals surface area contributed by atoms with E-state index in [1.807, 2.05) is 14.7 Å². The minimum atomic E-state index is 0. The van der Waals surface area contributed by atoms with E-state index in [0.717, 1.165) is 51.1 Å². The Morgan fingerprint density at radius 3 is 1.69 bits per heavy atom. The zero-order valence-electron chi connectivity index (χ0n) is 22.0. The van der Waals surface area contributed by atoms with Gasteiger partial charge in [-0.25, -0.2) is 0 Å². The van der Waals surface area contributed by atoms with Gasteiger partial charge in [0.15, 0.2) is 0 Å². The zero-order valence-corrected chi connectivity index (χ0v) is 26.9. The van der Waals surface area contributed by atoms with Crippen LogP contribution < -0.4 is 0 Å². The second-order valence-corrected chi connectivity index (χ2v) is 11.8. The Labute approximate surface area is 238 Å². The van der Waals surface area contributed by atoms with Crippen LogP contribution in [0.15, 0.2) is 23.2 Å². The number of ketones is 2. The molecular formula is C27H43N4O3SSb. The van der Waals surface area contributed by atoms with Gasteiger partial charge in [0.1, 0.15) is 11.4 Å².